The van der Waals surface area contributed by atoms with Gasteiger partial charge in [0.2, 0.25) is 11.8 Å². The van der Waals surface area contributed by atoms with Gasteiger partial charge in [0, 0.05) is 31.5 Å². The molecule has 37 heavy (non-hydrogen) atoms. The normalized spacial score (nSPS) is 16.9. The Kier molecular flexibility index (Phi) is 9.57. The van der Waals surface area contributed by atoms with Crippen LogP contribution in [0.4, 0.5) is 8.78 Å². The summed E-state index contributed by atoms with van der Waals surface area (Å²) in [7, 11) is 0. The third-order valence-corrected chi connectivity index (χ3v) is 6.30. The third kappa shape index (κ3) is 7.72. The Morgan fingerprint density at radius 3 is 2.51 bits per heavy atom. The number of hydrogen-bond donors (Lipinski definition) is 3. The van der Waals surface area contributed by atoms with Gasteiger partial charge < -0.3 is 25.8 Å². The van der Waals surface area contributed by atoms with Gasteiger partial charge in [0.1, 0.15) is 23.4 Å². The molecule has 0 aliphatic carbocycles. The molecular formula is C27H33F2N3O5. The zero-order chi connectivity index (χ0) is 27.1. The number of halogens is 2. The van der Waals surface area contributed by atoms with Crippen LogP contribution >= 0.6 is 0 Å². The van der Waals surface area contributed by atoms with Crippen molar-refractivity contribution in [2.75, 3.05) is 6.54 Å². The molecule has 4 N–H and O–H groups in total. The Balaban J connectivity index is 1.51. The summed E-state index contributed by atoms with van der Waals surface area (Å²) >= 11 is 0. The molecule has 10 heteroatoms. The van der Waals surface area contributed by atoms with Gasteiger partial charge in [-0.15, -0.1) is 0 Å². The number of aliphatic carboxylic acids is 1. The van der Waals surface area contributed by atoms with Gasteiger partial charge >= 0.3 is 5.97 Å². The topological polar surface area (TPSA) is 122 Å². The fourth-order valence-corrected chi connectivity index (χ4v) is 4.34. The summed E-state index contributed by atoms with van der Waals surface area (Å²) in [6.07, 6.45) is 0.144. The maximum atomic E-state index is 13.9. The maximum absolute atomic E-state index is 13.9. The van der Waals surface area contributed by atoms with E-state index in [2.05, 4.69) is 5.32 Å². The van der Waals surface area contributed by atoms with Crippen LogP contribution in [0.1, 0.15) is 44.2 Å². The Hall–Kier alpha value is -3.53. The van der Waals surface area contributed by atoms with Crippen molar-refractivity contribution in [1.29, 1.82) is 0 Å². The molecular weight excluding hydrogens is 484 g/mol. The van der Waals surface area contributed by atoms with Crippen LogP contribution < -0.4 is 15.8 Å². The van der Waals surface area contributed by atoms with Crippen molar-refractivity contribution in [3.63, 3.8) is 0 Å². The van der Waals surface area contributed by atoms with Crippen molar-refractivity contribution in [2.24, 2.45) is 11.7 Å². The first-order chi connectivity index (χ1) is 17.5. The molecule has 1 saturated heterocycles. The highest BCUT2D eigenvalue weighted by molar-refractivity contribution is 5.88. The van der Waals surface area contributed by atoms with Crippen LogP contribution in [-0.2, 0) is 27.3 Å². The molecule has 1 unspecified atom stereocenters. The van der Waals surface area contributed by atoms with Crippen molar-refractivity contribution in [1.82, 2.24) is 10.2 Å². The highest BCUT2D eigenvalue weighted by Crippen LogP contribution is 2.21. The molecule has 0 radical (unpaired) electrons. The summed E-state index contributed by atoms with van der Waals surface area (Å²) in [6.45, 7) is 4.17. The second-order valence-corrected chi connectivity index (χ2v) is 9.63. The minimum Gasteiger partial charge on any atom is -0.478 e. The number of ether oxygens (including phenoxy) is 1. The Bertz CT molecular complexity index is 1110. The average molecular weight is 518 g/mol. The first kappa shape index (κ1) is 28.0. The summed E-state index contributed by atoms with van der Waals surface area (Å²) < 4.78 is 32.9. The first-order valence-electron chi connectivity index (χ1n) is 12.3. The second-order valence-electron chi connectivity index (χ2n) is 9.63. The minimum atomic E-state index is -1.04. The Morgan fingerprint density at radius 1 is 1.16 bits per heavy atom. The van der Waals surface area contributed by atoms with E-state index in [0.717, 1.165) is 23.8 Å². The molecule has 200 valence electrons. The molecule has 2 aromatic rings. The smallest absolute Gasteiger partial charge is 0.345 e. The lowest BCUT2D eigenvalue weighted by molar-refractivity contribution is -0.147. The number of carbonyl (C=O) groups excluding carboxylic acids is 2. The zero-order valence-corrected chi connectivity index (χ0v) is 21.0. The van der Waals surface area contributed by atoms with E-state index in [0.29, 0.717) is 25.1 Å². The van der Waals surface area contributed by atoms with E-state index in [1.807, 2.05) is 0 Å². The summed E-state index contributed by atoms with van der Waals surface area (Å²) in [5.41, 5.74) is 6.94. The van der Waals surface area contributed by atoms with E-state index in [-0.39, 0.29) is 42.7 Å². The Morgan fingerprint density at radius 2 is 1.86 bits per heavy atom. The van der Waals surface area contributed by atoms with E-state index in [9.17, 15) is 28.3 Å². The summed E-state index contributed by atoms with van der Waals surface area (Å²) in [6, 6.07) is 8.53. The Labute approximate surface area is 214 Å². The van der Waals surface area contributed by atoms with Gasteiger partial charge in [-0.3, -0.25) is 9.59 Å². The first-order valence-corrected chi connectivity index (χ1v) is 12.3. The van der Waals surface area contributed by atoms with Crippen LogP contribution in [0, 0.1) is 17.6 Å². The number of amides is 2. The van der Waals surface area contributed by atoms with Crippen LogP contribution in [-0.4, -0.2) is 52.5 Å². The van der Waals surface area contributed by atoms with E-state index in [1.165, 1.54) is 4.90 Å². The van der Waals surface area contributed by atoms with Crippen LogP contribution in [0.15, 0.2) is 42.5 Å². The number of nitrogens with one attached hydrogen (secondary N) is 1. The summed E-state index contributed by atoms with van der Waals surface area (Å²) in [5.74, 6) is -2.58. The number of benzene rings is 2. The number of carbonyl (C=O) groups is 3. The predicted molar refractivity (Wildman–Crippen MR) is 133 cm³/mol. The lowest BCUT2D eigenvalue weighted by Gasteiger charge is -2.25. The fourth-order valence-electron chi connectivity index (χ4n) is 4.34. The SMILES string of the molecule is CC(C)[C@@H](Oc1ccc(CNC(=O)[C@@H]2CCCN2C(=O)CC(N)Cc2cc(F)ccc2F)cc1)C(=O)O. The average Bonchev–Trinajstić information content (AvgIpc) is 3.34. The van der Waals surface area contributed by atoms with Gasteiger partial charge in [-0.05, 0) is 60.7 Å². The van der Waals surface area contributed by atoms with Crippen LogP contribution in [0.3, 0.4) is 0 Å². The quantitative estimate of drug-likeness (QED) is 0.421. The lowest BCUT2D eigenvalue weighted by atomic mass is 10.0. The van der Waals surface area contributed by atoms with Gasteiger partial charge in [0.05, 0.1) is 0 Å². The number of hydrogen-bond acceptors (Lipinski definition) is 5. The van der Waals surface area contributed by atoms with Crippen LogP contribution in [0.25, 0.3) is 0 Å². The van der Waals surface area contributed by atoms with Gasteiger partial charge in [-0.2, -0.15) is 0 Å². The molecule has 0 spiro atoms. The molecule has 2 amide bonds. The zero-order valence-electron chi connectivity index (χ0n) is 21.0. The third-order valence-electron chi connectivity index (χ3n) is 6.30. The predicted octanol–water partition coefficient (Wildman–Crippen LogP) is 3.02. The highest BCUT2D eigenvalue weighted by Gasteiger charge is 2.34. The summed E-state index contributed by atoms with van der Waals surface area (Å²) in [5, 5.41) is 12.1. The maximum Gasteiger partial charge on any atom is 0.345 e. The van der Waals surface area contributed by atoms with E-state index < -0.39 is 35.8 Å². The second kappa shape index (κ2) is 12.6. The molecule has 1 aliphatic heterocycles. The van der Waals surface area contributed by atoms with E-state index in [4.69, 9.17) is 10.5 Å². The number of likely N-dealkylation sites (tertiary alicyclic amines) is 1. The van der Waals surface area contributed by atoms with Gasteiger partial charge in [-0.1, -0.05) is 26.0 Å². The largest absolute Gasteiger partial charge is 0.478 e. The molecule has 1 heterocycles. The molecule has 0 bridgehead atoms. The minimum absolute atomic E-state index is 0.00409. The van der Waals surface area contributed by atoms with Crippen molar-refractivity contribution in [2.45, 2.75) is 64.3 Å². The van der Waals surface area contributed by atoms with E-state index in [1.54, 1.807) is 38.1 Å². The highest BCUT2D eigenvalue weighted by atomic mass is 19.1. The standard InChI is InChI=1S/C27H33F2N3O5/c1-16(2)25(27(35)36)37-21-8-5-17(6-9-21)15-31-26(34)23-4-3-11-32(23)24(33)14-20(30)13-18-12-19(28)7-10-22(18)29/h5-10,12,16,20,23,25H,3-4,11,13-15,30H2,1-2H3,(H,31,34)(H,35,36)/t20?,23-,25+/m0/s1. The number of carboxylic acid groups (broad SMARTS) is 1. The van der Waals surface area contributed by atoms with Crippen molar-refractivity contribution in [3.8, 4) is 5.75 Å². The molecule has 1 aliphatic rings. The molecule has 2 aromatic carbocycles. The number of nitrogens with two attached hydrogens (primary N) is 1. The number of rotatable bonds is 11. The molecule has 3 atom stereocenters. The van der Waals surface area contributed by atoms with Gasteiger partial charge in [0.15, 0.2) is 6.10 Å². The summed E-state index contributed by atoms with van der Waals surface area (Å²) in [4.78, 5) is 38.5. The van der Waals surface area contributed by atoms with Gasteiger partial charge in [-0.25, -0.2) is 13.6 Å². The molecule has 1 fully saturated rings. The van der Waals surface area contributed by atoms with Crippen molar-refractivity contribution < 1.29 is 33.0 Å². The monoisotopic (exact) mass is 517 g/mol. The molecule has 3 rings (SSSR count). The number of nitrogens with zero attached hydrogens (tertiary/aromatic N) is 1. The van der Waals surface area contributed by atoms with E-state index >= 15 is 0 Å². The molecule has 8 nitrogen and oxygen atoms in total. The van der Waals surface area contributed by atoms with Crippen LogP contribution in [0.2, 0.25) is 0 Å². The molecule has 0 saturated carbocycles. The van der Waals surface area contributed by atoms with Crippen molar-refractivity contribution >= 4 is 17.8 Å². The van der Waals surface area contributed by atoms with Gasteiger partial charge in [0.25, 0.3) is 0 Å². The fraction of sp³-hybridized carbons (Fsp3) is 0.444. The molecule has 0 aromatic heterocycles. The number of carboxylic acids is 1. The lowest BCUT2D eigenvalue weighted by Crippen LogP contribution is -2.47. The van der Waals surface area contributed by atoms with Crippen LogP contribution in [0.5, 0.6) is 5.75 Å². The van der Waals surface area contributed by atoms with Crippen molar-refractivity contribution in [3.05, 3.63) is 65.2 Å².